The lowest BCUT2D eigenvalue weighted by Crippen LogP contribution is -2.16. The zero-order valence-corrected chi connectivity index (χ0v) is 31.9. The first-order valence-electron chi connectivity index (χ1n) is 19.8. The molecule has 0 amide bonds. The van der Waals surface area contributed by atoms with Crippen molar-refractivity contribution in [3.8, 4) is 44.5 Å². The molecule has 0 unspecified atom stereocenters. The third kappa shape index (κ3) is 5.33. The second-order valence-corrected chi connectivity index (χ2v) is 15.7. The minimum Gasteiger partial charge on any atom is -0.456 e. The predicted octanol–water partition coefficient (Wildman–Crippen LogP) is 15.5. The van der Waals surface area contributed by atoms with E-state index in [1.165, 1.54) is 55.3 Å². The second kappa shape index (κ2) is 13.0. The van der Waals surface area contributed by atoms with Crippen LogP contribution in [0.2, 0.25) is 0 Å². The average Bonchev–Trinajstić information content (AvgIpc) is 3.75. The number of furan rings is 1. The Balaban J connectivity index is 1.13. The Morgan fingerprint density at radius 3 is 1.88 bits per heavy atom. The van der Waals surface area contributed by atoms with Gasteiger partial charge in [0.2, 0.25) is 0 Å². The summed E-state index contributed by atoms with van der Waals surface area (Å²) in [6.45, 7) is 4.72. The van der Waals surface area contributed by atoms with E-state index in [-0.39, 0.29) is 5.41 Å². The lowest BCUT2D eigenvalue weighted by molar-refractivity contribution is 0.662. The maximum absolute atomic E-state index is 6.33. The molecule has 0 saturated heterocycles. The van der Waals surface area contributed by atoms with Gasteiger partial charge in [0.05, 0.1) is 5.69 Å². The fourth-order valence-electron chi connectivity index (χ4n) is 9.38. The van der Waals surface area contributed by atoms with Crippen molar-refractivity contribution in [3.05, 3.63) is 211 Å². The van der Waals surface area contributed by atoms with E-state index in [0.29, 0.717) is 0 Å². The van der Waals surface area contributed by atoms with Crippen LogP contribution in [0.15, 0.2) is 205 Å². The van der Waals surface area contributed by atoms with Crippen LogP contribution in [0.25, 0.3) is 77.2 Å². The second-order valence-electron chi connectivity index (χ2n) is 15.7. The number of anilines is 3. The zero-order valence-electron chi connectivity index (χ0n) is 31.9. The third-order valence-corrected chi connectivity index (χ3v) is 12.1. The van der Waals surface area contributed by atoms with Crippen molar-refractivity contribution in [1.29, 1.82) is 0 Å². The molecule has 11 rings (SSSR count). The number of hydrogen-bond donors (Lipinski definition) is 0. The Bertz CT molecular complexity index is 3150. The van der Waals surface area contributed by atoms with Gasteiger partial charge in [0.1, 0.15) is 11.2 Å². The molecule has 0 fully saturated rings. The van der Waals surface area contributed by atoms with Crippen molar-refractivity contribution in [2.45, 2.75) is 19.3 Å². The van der Waals surface area contributed by atoms with E-state index in [4.69, 9.17) is 4.42 Å². The summed E-state index contributed by atoms with van der Waals surface area (Å²) in [5.41, 5.74) is 17.5. The van der Waals surface area contributed by atoms with Crippen molar-refractivity contribution in [3.63, 3.8) is 0 Å². The van der Waals surface area contributed by atoms with E-state index in [2.05, 4.69) is 207 Å². The Morgan fingerprint density at radius 2 is 1.00 bits per heavy atom. The molecule has 10 aromatic rings. The van der Waals surface area contributed by atoms with Crippen molar-refractivity contribution in [1.82, 2.24) is 0 Å². The van der Waals surface area contributed by atoms with Crippen molar-refractivity contribution in [2.75, 3.05) is 4.90 Å². The molecule has 2 nitrogen and oxygen atoms in total. The standard InChI is InChI=1S/C55H39NO/c1-55(2)50-24-10-8-19-46(50)48-23-13-22-45(54(48)55)38-26-29-40(30-27-38)56(41-31-33-53-49(35-41)47-20-9-11-25-52(47)57-53)51-34-39(28-32-44(51)37-14-4-3-5-15-37)43-21-12-17-36-16-6-7-18-42(36)43/h3-35H,1-2H3. The van der Waals surface area contributed by atoms with Gasteiger partial charge in [0.15, 0.2) is 0 Å². The largest absolute Gasteiger partial charge is 0.456 e. The van der Waals surface area contributed by atoms with Crippen LogP contribution in [0.4, 0.5) is 17.1 Å². The van der Waals surface area contributed by atoms with Gasteiger partial charge in [-0.15, -0.1) is 0 Å². The number of hydrogen-bond acceptors (Lipinski definition) is 2. The number of nitrogens with zero attached hydrogens (tertiary/aromatic N) is 1. The Morgan fingerprint density at radius 1 is 0.386 bits per heavy atom. The molecule has 0 N–H and O–H groups in total. The lowest BCUT2D eigenvalue weighted by atomic mass is 9.79. The highest BCUT2D eigenvalue weighted by Crippen LogP contribution is 2.52. The van der Waals surface area contributed by atoms with Crippen LogP contribution in [-0.2, 0) is 5.41 Å². The Kier molecular flexibility index (Phi) is 7.55. The van der Waals surface area contributed by atoms with Crippen molar-refractivity contribution < 1.29 is 4.42 Å². The molecule has 0 saturated carbocycles. The topological polar surface area (TPSA) is 16.4 Å². The molecule has 1 aromatic heterocycles. The molecule has 270 valence electrons. The summed E-state index contributed by atoms with van der Waals surface area (Å²) in [5.74, 6) is 0. The molecule has 0 atom stereocenters. The SMILES string of the molecule is CC1(C)c2ccccc2-c2cccc(-c3ccc(N(c4ccc5oc6ccccc6c5c4)c4cc(-c5cccc6ccccc56)ccc4-c4ccccc4)cc3)c21. The molecule has 1 aliphatic carbocycles. The van der Waals surface area contributed by atoms with Crippen LogP contribution in [0, 0.1) is 0 Å². The van der Waals surface area contributed by atoms with Crippen LogP contribution >= 0.6 is 0 Å². The third-order valence-electron chi connectivity index (χ3n) is 12.1. The Hall–Kier alpha value is -7.16. The zero-order chi connectivity index (χ0) is 38.1. The van der Waals surface area contributed by atoms with E-state index in [1.54, 1.807) is 0 Å². The first kappa shape index (κ1) is 33.2. The summed E-state index contributed by atoms with van der Waals surface area (Å²) >= 11 is 0. The summed E-state index contributed by atoms with van der Waals surface area (Å²) in [4.78, 5) is 2.43. The van der Waals surface area contributed by atoms with Crippen molar-refractivity contribution in [2.24, 2.45) is 0 Å². The summed E-state index contributed by atoms with van der Waals surface area (Å²) in [5, 5.41) is 4.67. The molecule has 2 heteroatoms. The van der Waals surface area contributed by atoms with Crippen LogP contribution in [0.3, 0.4) is 0 Å². The fraction of sp³-hybridized carbons (Fsp3) is 0.0545. The van der Waals surface area contributed by atoms with Gasteiger partial charge in [-0.25, -0.2) is 0 Å². The number of rotatable bonds is 6. The normalized spacial score (nSPS) is 12.9. The monoisotopic (exact) mass is 729 g/mol. The minimum atomic E-state index is -0.108. The number of fused-ring (bicyclic) bond motifs is 7. The number of para-hydroxylation sites is 1. The molecule has 0 aliphatic heterocycles. The maximum atomic E-state index is 6.33. The quantitative estimate of drug-likeness (QED) is 0.169. The molecule has 0 radical (unpaired) electrons. The molecular formula is C55H39NO. The van der Waals surface area contributed by atoms with Gasteiger partial charge < -0.3 is 9.32 Å². The van der Waals surface area contributed by atoms with Gasteiger partial charge in [0.25, 0.3) is 0 Å². The maximum Gasteiger partial charge on any atom is 0.135 e. The Labute approximate surface area is 332 Å². The fourth-order valence-corrected chi connectivity index (χ4v) is 9.38. The first-order valence-corrected chi connectivity index (χ1v) is 19.8. The van der Waals surface area contributed by atoms with Gasteiger partial charge in [-0.1, -0.05) is 172 Å². The van der Waals surface area contributed by atoms with E-state index >= 15 is 0 Å². The van der Waals surface area contributed by atoms with E-state index in [0.717, 1.165) is 50.1 Å². The van der Waals surface area contributed by atoms with Gasteiger partial charge in [0, 0.05) is 33.1 Å². The molecular weight excluding hydrogens is 691 g/mol. The smallest absolute Gasteiger partial charge is 0.135 e. The lowest BCUT2D eigenvalue weighted by Gasteiger charge is -2.29. The van der Waals surface area contributed by atoms with Gasteiger partial charge >= 0.3 is 0 Å². The molecule has 9 aromatic carbocycles. The molecule has 0 spiro atoms. The van der Waals surface area contributed by atoms with E-state index in [9.17, 15) is 0 Å². The van der Waals surface area contributed by atoms with Gasteiger partial charge in [-0.2, -0.15) is 0 Å². The van der Waals surface area contributed by atoms with Crippen LogP contribution in [-0.4, -0.2) is 0 Å². The highest BCUT2D eigenvalue weighted by Gasteiger charge is 2.37. The molecule has 1 heterocycles. The highest BCUT2D eigenvalue weighted by atomic mass is 16.3. The molecule has 57 heavy (non-hydrogen) atoms. The van der Waals surface area contributed by atoms with Crippen LogP contribution < -0.4 is 4.90 Å². The van der Waals surface area contributed by atoms with E-state index < -0.39 is 0 Å². The summed E-state index contributed by atoms with van der Waals surface area (Å²) in [6.07, 6.45) is 0. The van der Waals surface area contributed by atoms with E-state index in [1.807, 2.05) is 12.1 Å². The van der Waals surface area contributed by atoms with Crippen molar-refractivity contribution >= 4 is 49.8 Å². The molecule has 0 bridgehead atoms. The number of benzene rings is 9. The highest BCUT2D eigenvalue weighted by molar-refractivity contribution is 6.07. The minimum absolute atomic E-state index is 0.108. The first-order chi connectivity index (χ1) is 28.0. The summed E-state index contributed by atoms with van der Waals surface area (Å²) in [7, 11) is 0. The van der Waals surface area contributed by atoms with Gasteiger partial charge in [-0.05, 0) is 103 Å². The molecule has 1 aliphatic rings. The van der Waals surface area contributed by atoms with Crippen LogP contribution in [0.5, 0.6) is 0 Å². The van der Waals surface area contributed by atoms with Gasteiger partial charge in [-0.3, -0.25) is 0 Å². The summed E-state index contributed by atoms with van der Waals surface area (Å²) < 4.78 is 6.33. The average molecular weight is 730 g/mol. The summed E-state index contributed by atoms with van der Waals surface area (Å²) in [6, 6.07) is 72.7. The predicted molar refractivity (Wildman–Crippen MR) is 240 cm³/mol. The van der Waals surface area contributed by atoms with Crippen LogP contribution in [0.1, 0.15) is 25.0 Å².